The Bertz CT molecular complexity index is 1110. The monoisotopic (exact) mass is 450 g/mol. The maximum Gasteiger partial charge on any atom is 0.229 e. The van der Waals surface area contributed by atoms with Gasteiger partial charge in [-0.3, -0.25) is 4.79 Å². The smallest absolute Gasteiger partial charge is 0.229 e. The Morgan fingerprint density at radius 1 is 1.28 bits per heavy atom. The van der Waals surface area contributed by atoms with Gasteiger partial charge in [0.05, 0.1) is 41.5 Å². The van der Waals surface area contributed by atoms with Crippen LogP contribution < -0.4 is 0 Å². The molecule has 0 spiro atoms. The molecule has 1 fully saturated rings. The number of nitrogens with zero attached hydrogens (tertiary/aromatic N) is 2. The molecular formula is C20H19ClN2O4S2. The van der Waals surface area contributed by atoms with Crippen molar-refractivity contribution in [3.05, 3.63) is 64.5 Å². The highest BCUT2D eigenvalue weighted by atomic mass is 35.5. The zero-order chi connectivity index (χ0) is 20.4. The highest BCUT2D eigenvalue weighted by Crippen LogP contribution is 2.30. The maximum absolute atomic E-state index is 13.1. The van der Waals surface area contributed by atoms with E-state index in [4.69, 9.17) is 16.0 Å². The Morgan fingerprint density at radius 3 is 2.79 bits per heavy atom. The normalized spacial score (nSPS) is 18.0. The number of benzene rings is 1. The highest BCUT2D eigenvalue weighted by Gasteiger charge is 2.35. The van der Waals surface area contributed by atoms with Crippen LogP contribution in [-0.4, -0.2) is 41.8 Å². The fraction of sp³-hybridized carbons (Fsp3) is 0.300. The second-order valence-corrected chi connectivity index (χ2v) is 10.5. The van der Waals surface area contributed by atoms with Crippen LogP contribution in [0.1, 0.15) is 17.9 Å². The van der Waals surface area contributed by atoms with Gasteiger partial charge >= 0.3 is 0 Å². The molecule has 6 nitrogen and oxygen atoms in total. The van der Waals surface area contributed by atoms with E-state index in [1.165, 1.54) is 11.3 Å². The molecule has 3 aromatic rings. The molecule has 29 heavy (non-hydrogen) atoms. The molecular weight excluding hydrogens is 432 g/mol. The summed E-state index contributed by atoms with van der Waals surface area (Å²) in [5.74, 6) is 0.547. The van der Waals surface area contributed by atoms with E-state index in [0.29, 0.717) is 22.9 Å². The first-order valence-electron chi connectivity index (χ1n) is 9.13. The summed E-state index contributed by atoms with van der Waals surface area (Å²) in [5, 5.41) is 3.20. The number of hydrogen-bond acceptors (Lipinski definition) is 6. The van der Waals surface area contributed by atoms with Crippen LogP contribution in [0.4, 0.5) is 0 Å². The van der Waals surface area contributed by atoms with E-state index < -0.39 is 9.84 Å². The van der Waals surface area contributed by atoms with Crippen LogP contribution in [-0.2, 0) is 27.6 Å². The van der Waals surface area contributed by atoms with Gasteiger partial charge in [0, 0.05) is 17.0 Å². The number of carbonyl (C=O) groups excluding carboxylic acids is 1. The van der Waals surface area contributed by atoms with Gasteiger partial charge in [0.25, 0.3) is 0 Å². The van der Waals surface area contributed by atoms with Crippen LogP contribution in [0, 0.1) is 0 Å². The molecule has 1 atom stereocenters. The molecule has 1 saturated heterocycles. The summed E-state index contributed by atoms with van der Waals surface area (Å²) in [4.78, 5) is 19.2. The summed E-state index contributed by atoms with van der Waals surface area (Å²) in [6.45, 7) is 0.244. The summed E-state index contributed by atoms with van der Waals surface area (Å²) in [5.41, 5.74) is 1.47. The van der Waals surface area contributed by atoms with Gasteiger partial charge < -0.3 is 9.32 Å². The molecule has 0 aliphatic carbocycles. The predicted octanol–water partition coefficient (Wildman–Crippen LogP) is 3.81. The zero-order valence-corrected chi connectivity index (χ0v) is 17.8. The molecule has 1 aliphatic heterocycles. The van der Waals surface area contributed by atoms with E-state index in [1.807, 2.05) is 23.6 Å². The number of hydrogen-bond donors (Lipinski definition) is 0. The first-order chi connectivity index (χ1) is 13.9. The molecule has 4 rings (SSSR count). The SMILES string of the molecule is O=C(Cc1csc(-c2ccccc2Cl)n1)N(Cc1ccco1)[C@H]1CCS(=O)(=O)C1. The average Bonchev–Trinajstić information content (AvgIpc) is 3.41. The molecule has 9 heteroatoms. The van der Waals surface area contributed by atoms with Crippen molar-refractivity contribution in [1.82, 2.24) is 9.88 Å². The van der Waals surface area contributed by atoms with E-state index in [0.717, 1.165) is 10.6 Å². The highest BCUT2D eigenvalue weighted by molar-refractivity contribution is 7.91. The van der Waals surface area contributed by atoms with E-state index in [2.05, 4.69) is 4.98 Å². The number of sulfone groups is 1. The number of carbonyl (C=O) groups is 1. The number of thiazole rings is 1. The molecule has 1 aliphatic rings. The fourth-order valence-electron chi connectivity index (χ4n) is 3.42. The Hall–Kier alpha value is -2.16. The third-order valence-corrected chi connectivity index (χ3v) is 7.87. The minimum atomic E-state index is -3.12. The van der Waals surface area contributed by atoms with Crippen molar-refractivity contribution < 1.29 is 17.6 Å². The van der Waals surface area contributed by atoms with Gasteiger partial charge in [0.15, 0.2) is 9.84 Å². The minimum absolute atomic E-state index is 0.0125. The molecule has 1 aromatic carbocycles. The van der Waals surface area contributed by atoms with Crippen LogP contribution in [0.3, 0.4) is 0 Å². The minimum Gasteiger partial charge on any atom is -0.467 e. The molecule has 2 aromatic heterocycles. The lowest BCUT2D eigenvalue weighted by molar-refractivity contribution is -0.133. The predicted molar refractivity (Wildman–Crippen MR) is 113 cm³/mol. The van der Waals surface area contributed by atoms with Crippen LogP contribution in [0.25, 0.3) is 10.6 Å². The van der Waals surface area contributed by atoms with Crippen molar-refractivity contribution >= 4 is 38.7 Å². The molecule has 0 bridgehead atoms. The summed E-state index contributed by atoms with van der Waals surface area (Å²) in [7, 11) is -3.12. The van der Waals surface area contributed by atoms with Gasteiger partial charge in [0.2, 0.25) is 5.91 Å². The van der Waals surface area contributed by atoms with Gasteiger partial charge in [0.1, 0.15) is 10.8 Å². The van der Waals surface area contributed by atoms with Crippen molar-refractivity contribution in [2.24, 2.45) is 0 Å². The van der Waals surface area contributed by atoms with E-state index in [1.54, 1.807) is 29.4 Å². The molecule has 0 unspecified atom stereocenters. The van der Waals surface area contributed by atoms with Crippen molar-refractivity contribution in [1.29, 1.82) is 0 Å². The molecule has 1 amide bonds. The Kier molecular flexibility index (Phi) is 5.76. The first-order valence-corrected chi connectivity index (χ1v) is 12.2. The van der Waals surface area contributed by atoms with Crippen LogP contribution in [0.15, 0.2) is 52.5 Å². The maximum atomic E-state index is 13.1. The largest absolute Gasteiger partial charge is 0.467 e. The number of aromatic nitrogens is 1. The third kappa shape index (κ3) is 4.71. The summed E-state index contributed by atoms with van der Waals surface area (Å²) < 4.78 is 29.3. The number of amides is 1. The fourth-order valence-corrected chi connectivity index (χ4v) is 6.29. The first kappa shape index (κ1) is 20.1. The topological polar surface area (TPSA) is 80.5 Å². The molecule has 0 radical (unpaired) electrons. The van der Waals surface area contributed by atoms with Gasteiger partial charge in [-0.2, -0.15) is 0 Å². The number of rotatable bonds is 6. The summed E-state index contributed by atoms with van der Waals surface area (Å²) >= 11 is 7.67. The van der Waals surface area contributed by atoms with Gasteiger partial charge in [-0.15, -0.1) is 11.3 Å². The lowest BCUT2D eigenvalue weighted by Gasteiger charge is -2.27. The number of furan rings is 1. The van der Waals surface area contributed by atoms with Crippen molar-refractivity contribution in [3.63, 3.8) is 0 Å². The number of halogens is 1. The molecule has 0 saturated carbocycles. The summed E-state index contributed by atoms with van der Waals surface area (Å²) in [6.07, 6.45) is 2.08. The van der Waals surface area contributed by atoms with E-state index >= 15 is 0 Å². The van der Waals surface area contributed by atoms with E-state index in [-0.39, 0.29) is 36.4 Å². The van der Waals surface area contributed by atoms with Gasteiger partial charge in [-0.05, 0) is 24.6 Å². The molecule has 0 N–H and O–H groups in total. The van der Waals surface area contributed by atoms with Gasteiger partial charge in [-0.25, -0.2) is 13.4 Å². The Labute approximate surface area is 178 Å². The summed E-state index contributed by atoms with van der Waals surface area (Å²) in [6, 6.07) is 10.6. The Balaban J connectivity index is 1.53. The van der Waals surface area contributed by atoms with Crippen molar-refractivity contribution in [2.45, 2.75) is 25.4 Å². The molecule has 152 valence electrons. The standard InChI is InChI=1S/C20H19ClN2O4S2/c21-18-6-2-1-5-17(18)20-22-14(12-28-20)10-19(24)23(11-16-4-3-8-27-16)15-7-9-29(25,26)13-15/h1-6,8,12,15H,7,9-11,13H2/t15-/m0/s1. The van der Waals surface area contributed by atoms with Crippen molar-refractivity contribution in [2.75, 3.05) is 11.5 Å². The van der Waals surface area contributed by atoms with Gasteiger partial charge in [-0.1, -0.05) is 29.8 Å². The Morgan fingerprint density at radius 2 is 2.10 bits per heavy atom. The van der Waals surface area contributed by atoms with E-state index in [9.17, 15) is 13.2 Å². The van der Waals surface area contributed by atoms with Crippen LogP contribution in [0.5, 0.6) is 0 Å². The quantitative estimate of drug-likeness (QED) is 0.570. The average molecular weight is 451 g/mol. The third-order valence-electron chi connectivity index (χ3n) is 4.86. The molecule has 3 heterocycles. The second-order valence-electron chi connectivity index (χ2n) is 6.96. The lowest BCUT2D eigenvalue weighted by Crippen LogP contribution is -2.41. The van der Waals surface area contributed by atoms with Crippen LogP contribution >= 0.6 is 22.9 Å². The van der Waals surface area contributed by atoms with Crippen molar-refractivity contribution in [3.8, 4) is 10.6 Å². The lowest BCUT2D eigenvalue weighted by atomic mass is 10.2. The zero-order valence-electron chi connectivity index (χ0n) is 15.5. The second kappa shape index (κ2) is 8.30. The van der Waals surface area contributed by atoms with Crippen LogP contribution in [0.2, 0.25) is 5.02 Å².